The van der Waals surface area contributed by atoms with Crippen LogP contribution in [0.25, 0.3) is 0 Å². The molecule has 0 aromatic heterocycles. The molecule has 0 aliphatic heterocycles. The Bertz CT molecular complexity index is 192. The maximum Gasteiger partial charge on any atom is 0.108 e. The van der Waals surface area contributed by atoms with E-state index < -0.39 is 0 Å². The third-order valence-electron chi connectivity index (χ3n) is 4.03. The summed E-state index contributed by atoms with van der Waals surface area (Å²) in [4.78, 5) is 5.67. The van der Waals surface area contributed by atoms with Crippen LogP contribution < -0.4 is 0 Å². The molecule has 122 valence electrons. The molecule has 0 fully saturated rings. The highest BCUT2D eigenvalue weighted by atomic mass is 16.7. The van der Waals surface area contributed by atoms with Crippen molar-refractivity contribution in [2.45, 2.75) is 90.9 Å². The quantitative estimate of drug-likeness (QED) is 0.213. The smallest absolute Gasteiger partial charge is 0.108 e. The highest BCUT2D eigenvalue weighted by Gasteiger charge is 2.14. The average molecular weight is 287 g/mol. The molecule has 0 aliphatic carbocycles. The molecule has 0 aromatic carbocycles. The summed E-state index contributed by atoms with van der Waals surface area (Å²) in [5.41, 5.74) is 0. The molecule has 0 N–H and O–H groups in total. The van der Waals surface area contributed by atoms with Gasteiger partial charge in [-0.05, 0) is 19.8 Å². The van der Waals surface area contributed by atoms with Gasteiger partial charge in [0.1, 0.15) is 13.2 Å². The highest BCUT2D eigenvalue weighted by Crippen LogP contribution is 2.12. The molecule has 0 rings (SSSR count). The minimum atomic E-state index is 0.717. The van der Waals surface area contributed by atoms with Gasteiger partial charge in [-0.3, -0.25) is 0 Å². The maximum absolute atomic E-state index is 5.67. The van der Waals surface area contributed by atoms with E-state index in [0.717, 1.165) is 13.2 Å². The van der Waals surface area contributed by atoms with Crippen LogP contribution in [-0.2, 0) is 4.84 Å². The minimum Gasteiger partial charge on any atom is -0.204 e. The first-order valence-electron chi connectivity index (χ1n) is 9.10. The van der Waals surface area contributed by atoms with E-state index in [2.05, 4.69) is 27.9 Å². The number of nitrogens with zero attached hydrogens (tertiary/aromatic N) is 1. The van der Waals surface area contributed by atoms with Crippen LogP contribution in [0.15, 0.2) is 0 Å². The van der Waals surface area contributed by atoms with E-state index in [4.69, 9.17) is 4.84 Å². The number of quaternary nitrogens is 1. The number of hydrogen-bond acceptors (Lipinski definition) is 1. The molecule has 0 spiro atoms. The van der Waals surface area contributed by atoms with Gasteiger partial charge in [-0.15, -0.1) is 0 Å². The van der Waals surface area contributed by atoms with E-state index in [1.54, 1.807) is 0 Å². The fourth-order valence-corrected chi connectivity index (χ4v) is 2.75. The lowest BCUT2D eigenvalue weighted by molar-refractivity contribution is -1.08. The average Bonchev–Trinajstić information content (AvgIpc) is 2.40. The predicted molar refractivity (Wildman–Crippen MR) is 89.7 cm³/mol. The van der Waals surface area contributed by atoms with Crippen molar-refractivity contribution in [3.63, 3.8) is 0 Å². The van der Waals surface area contributed by atoms with Gasteiger partial charge in [-0.25, -0.2) is 4.84 Å². The summed E-state index contributed by atoms with van der Waals surface area (Å²) in [5, 5.41) is 0. The Kier molecular flexibility index (Phi) is 13.8. The van der Waals surface area contributed by atoms with Crippen LogP contribution >= 0.6 is 0 Å². The van der Waals surface area contributed by atoms with Gasteiger partial charge in [-0.1, -0.05) is 71.1 Å². The Morgan fingerprint density at radius 2 is 1.00 bits per heavy atom. The van der Waals surface area contributed by atoms with E-state index >= 15 is 0 Å². The van der Waals surface area contributed by atoms with E-state index in [1.165, 1.54) is 77.0 Å². The Morgan fingerprint density at radius 1 is 0.600 bits per heavy atom. The SMILES string of the molecule is CCCCCCCCCCCCCC[N+](C)(C)OCC. The van der Waals surface area contributed by atoms with Crippen molar-refractivity contribution in [2.75, 3.05) is 27.2 Å². The van der Waals surface area contributed by atoms with Crippen molar-refractivity contribution in [3.05, 3.63) is 0 Å². The number of unbranched alkanes of at least 4 members (excludes halogenated alkanes) is 11. The Balaban J connectivity index is 3.13. The fraction of sp³-hybridized carbons (Fsp3) is 1.00. The lowest BCUT2D eigenvalue weighted by atomic mass is 10.1. The van der Waals surface area contributed by atoms with Gasteiger partial charge < -0.3 is 0 Å². The third-order valence-corrected chi connectivity index (χ3v) is 4.03. The van der Waals surface area contributed by atoms with Crippen LogP contribution in [0.5, 0.6) is 0 Å². The Hall–Kier alpha value is -0.0800. The van der Waals surface area contributed by atoms with Crippen LogP contribution in [0, 0.1) is 0 Å². The summed E-state index contributed by atoms with van der Waals surface area (Å²) in [5.74, 6) is 0. The van der Waals surface area contributed by atoms with Crippen LogP contribution in [0.1, 0.15) is 90.9 Å². The lowest BCUT2D eigenvalue weighted by Crippen LogP contribution is -2.40. The van der Waals surface area contributed by atoms with E-state index in [9.17, 15) is 0 Å². The van der Waals surface area contributed by atoms with Crippen molar-refractivity contribution < 1.29 is 9.48 Å². The van der Waals surface area contributed by atoms with Crippen LogP contribution in [-0.4, -0.2) is 31.9 Å². The second kappa shape index (κ2) is 13.9. The number of rotatable bonds is 15. The zero-order valence-electron chi connectivity index (χ0n) is 14.8. The fourth-order valence-electron chi connectivity index (χ4n) is 2.75. The molecule has 0 bridgehead atoms. The minimum absolute atomic E-state index is 0.717. The van der Waals surface area contributed by atoms with E-state index in [0.29, 0.717) is 4.65 Å². The molecule has 0 saturated heterocycles. The lowest BCUT2D eigenvalue weighted by Gasteiger charge is -2.26. The molecule has 0 unspecified atom stereocenters. The first-order valence-corrected chi connectivity index (χ1v) is 9.10. The second-order valence-corrected chi connectivity index (χ2v) is 6.60. The molecular weight excluding hydrogens is 246 g/mol. The molecular formula is C18H40NO+. The van der Waals surface area contributed by atoms with Crippen LogP contribution in [0.4, 0.5) is 0 Å². The van der Waals surface area contributed by atoms with Crippen molar-refractivity contribution in [3.8, 4) is 0 Å². The van der Waals surface area contributed by atoms with Gasteiger partial charge in [-0.2, -0.15) is 4.65 Å². The van der Waals surface area contributed by atoms with Gasteiger partial charge in [0.25, 0.3) is 0 Å². The summed E-state index contributed by atoms with van der Waals surface area (Å²) >= 11 is 0. The summed E-state index contributed by atoms with van der Waals surface area (Å²) in [6.07, 6.45) is 17.0. The van der Waals surface area contributed by atoms with E-state index in [-0.39, 0.29) is 0 Å². The topological polar surface area (TPSA) is 9.23 Å². The highest BCUT2D eigenvalue weighted by molar-refractivity contribution is 4.48. The monoisotopic (exact) mass is 286 g/mol. The van der Waals surface area contributed by atoms with Gasteiger partial charge in [0.15, 0.2) is 0 Å². The molecule has 20 heavy (non-hydrogen) atoms. The molecule has 0 saturated carbocycles. The molecule has 0 amide bonds. The third kappa shape index (κ3) is 14.3. The molecule has 0 aliphatic rings. The standard InChI is InChI=1S/C18H40NO/c1-5-7-8-9-10-11-12-13-14-15-16-17-18-19(3,4)20-6-2/h5-18H2,1-4H3/q+1. The van der Waals surface area contributed by atoms with Crippen molar-refractivity contribution in [2.24, 2.45) is 0 Å². The molecule has 0 atom stereocenters. The summed E-state index contributed by atoms with van der Waals surface area (Å²) < 4.78 is 0.717. The molecule has 2 heteroatoms. The zero-order chi connectivity index (χ0) is 15.1. The molecule has 2 nitrogen and oxygen atoms in total. The second-order valence-electron chi connectivity index (χ2n) is 6.60. The van der Waals surface area contributed by atoms with Crippen molar-refractivity contribution in [1.29, 1.82) is 0 Å². The largest absolute Gasteiger partial charge is 0.204 e. The molecule has 0 heterocycles. The van der Waals surface area contributed by atoms with Crippen LogP contribution in [0.3, 0.4) is 0 Å². The van der Waals surface area contributed by atoms with Gasteiger partial charge in [0.05, 0.1) is 14.1 Å². The Labute approximate surface area is 128 Å². The molecule has 0 aromatic rings. The van der Waals surface area contributed by atoms with Crippen molar-refractivity contribution in [1.82, 2.24) is 0 Å². The Morgan fingerprint density at radius 3 is 1.40 bits per heavy atom. The zero-order valence-corrected chi connectivity index (χ0v) is 14.8. The summed E-state index contributed by atoms with van der Waals surface area (Å²) in [7, 11) is 4.31. The first-order chi connectivity index (χ1) is 9.62. The normalized spacial score (nSPS) is 12.0. The van der Waals surface area contributed by atoms with E-state index in [1.807, 2.05) is 0 Å². The van der Waals surface area contributed by atoms with Gasteiger partial charge in [0.2, 0.25) is 0 Å². The summed E-state index contributed by atoms with van der Waals surface area (Å²) in [6, 6.07) is 0. The number of hydroxylamine groups is 3. The van der Waals surface area contributed by atoms with Crippen molar-refractivity contribution >= 4 is 0 Å². The maximum atomic E-state index is 5.67. The predicted octanol–water partition coefficient (Wildman–Crippen LogP) is 5.72. The van der Waals surface area contributed by atoms with Gasteiger partial charge >= 0.3 is 0 Å². The first kappa shape index (κ1) is 19.9. The summed E-state index contributed by atoms with van der Waals surface area (Å²) in [6.45, 7) is 6.31. The van der Waals surface area contributed by atoms with Crippen LogP contribution in [0.2, 0.25) is 0 Å². The number of hydrogen-bond donors (Lipinski definition) is 0. The molecule has 0 radical (unpaired) electrons. The van der Waals surface area contributed by atoms with Gasteiger partial charge in [0, 0.05) is 0 Å².